The fourth-order valence-corrected chi connectivity index (χ4v) is 3.37. The Labute approximate surface area is 146 Å². The van der Waals surface area contributed by atoms with Gasteiger partial charge in [-0.15, -0.1) is 0 Å². The summed E-state index contributed by atoms with van der Waals surface area (Å²) in [6, 6.07) is 9.54. The highest BCUT2D eigenvalue weighted by atomic mass is 16.5. The van der Waals surface area contributed by atoms with E-state index in [9.17, 15) is 4.79 Å². The molecule has 1 aromatic carbocycles. The third kappa shape index (κ3) is 3.54. The molecule has 0 bridgehead atoms. The number of rotatable bonds is 5. The monoisotopic (exact) mass is 341 g/mol. The molecule has 1 aliphatic heterocycles. The Kier molecular flexibility index (Phi) is 4.44. The molecule has 132 valence electrons. The molecule has 25 heavy (non-hydrogen) atoms. The number of urea groups is 1. The lowest BCUT2D eigenvalue weighted by Gasteiger charge is -2.25. The number of aromatic nitrogens is 1. The average molecular weight is 341 g/mol. The molecule has 2 atom stereocenters. The summed E-state index contributed by atoms with van der Waals surface area (Å²) in [5.41, 5.74) is 2.47. The van der Waals surface area contributed by atoms with E-state index in [4.69, 9.17) is 9.26 Å². The number of hydrogen-bond donors (Lipinski definition) is 2. The summed E-state index contributed by atoms with van der Waals surface area (Å²) in [7, 11) is 0. The van der Waals surface area contributed by atoms with Crippen LogP contribution in [0.5, 0.6) is 0 Å². The van der Waals surface area contributed by atoms with Gasteiger partial charge in [-0.05, 0) is 38.2 Å². The summed E-state index contributed by atoms with van der Waals surface area (Å²) in [6.45, 7) is 2.59. The Hall–Kier alpha value is -2.34. The predicted octanol–water partition coefficient (Wildman–Crippen LogP) is 3.90. The Bertz CT molecular complexity index is 734. The first-order valence-corrected chi connectivity index (χ1v) is 8.92. The van der Waals surface area contributed by atoms with Gasteiger partial charge < -0.3 is 19.9 Å². The van der Waals surface area contributed by atoms with Gasteiger partial charge in [0.2, 0.25) is 0 Å². The second-order valence-corrected chi connectivity index (χ2v) is 6.82. The molecule has 0 spiro atoms. The van der Waals surface area contributed by atoms with Gasteiger partial charge in [-0.1, -0.05) is 35.5 Å². The standard InChI is InChI=1S/C19H23N3O3/c1-12-16(18(25-22-12)14-9-10-14)20-19(23)21-17(15-8-5-11-24-15)13-6-3-2-4-7-13/h2-4,6-7,14-15,17H,5,8-11H2,1H3,(H2,20,21,23)/t15-,17-/m1/s1. The van der Waals surface area contributed by atoms with Crippen LogP contribution >= 0.6 is 0 Å². The van der Waals surface area contributed by atoms with Gasteiger partial charge in [0.25, 0.3) is 0 Å². The van der Waals surface area contributed by atoms with Crippen molar-refractivity contribution >= 4 is 11.7 Å². The number of anilines is 1. The smallest absolute Gasteiger partial charge is 0.319 e. The van der Waals surface area contributed by atoms with Crippen LogP contribution in [0.2, 0.25) is 0 Å². The summed E-state index contributed by atoms with van der Waals surface area (Å²) in [4.78, 5) is 12.7. The first-order chi connectivity index (χ1) is 12.2. The van der Waals surface area contributed by atoms with E-state index in [-0.39, 0.29) is 18.2 Å². The number of amides is 2. The van der Waals surface area contributed by atoms with Crippen molar-refractivity contribution in [3.8, 4) is 0 Å². The Balaban J connectivity index is 1.50. The highest BCUT2D eigenvalue weighted by Crippen LogP contribution is 2.44. The Morgan fingerprint density at radius 2 is 2.04 bits per heavy atom. The van der Waals surface area contributed by atoms with Crippen molar-refractivity contribution in [2.24, 2.45) is 0 Å². The highest BCUT2D eigenvalue weighted by Gasteiger charge is 2.33. The van der Waals surface area contributed by atoms with Crippen LogP contribution in [-0.4, -0.2) is 23.9 Å². The molecule has 1 saturated heterocycles. The maximum Gasteiger partial charge on any atom is 0.319 e. The van der Waals surface area contributed by atoms with Crippen molar-refractivity contribution in [1.29, 1.82) is 0 Å². The molecular formula is C19H23N3O3. The molecule has 0 unspecified atom stereocenters. The van der Waals surface area contributed by atoms with Gasteiger partial charge in [-0.3, -0.25) is 0 Å². The molecule has 2 heterocycles. The number of benzene rings is 1. The molecule has 6 nitrogen and oxygen atoms in total. The number of hydrogen-bond acceptors (Lipinski definition) is 4. The quantitative estimate of drug-likeness (QED) is 0.865. The van der Waals surface area contributed by atoms with E-state index in [0.29, 0.717) is 17.3 Å². The number of nitrogens with zero attached hydrogens (tertiary/aromatic N) is 1. The van der Waals surface area contributed by atoms with Gasteiger partial charge in [0, 0.05) is 12.5 Å². The summed E-state index contributed by atoms with van der Waals surface area (Å²) < 4.78 is 11.2. The zero-order valence-corrected chi connectivity index (χ0v) is 14.3. The van der Waals surface area contributed by atoms with E-state index in [1.165, 1.54) is 0 Å². The summed E-state index contributed by atoms with van der Waals surface area (Å²) in [5, 5.41) is 10.0. The van der Waals surface area contributed by atoms with Gasteiger partial charge in [0.05, 0.1) is 12.1 Å². The molecule has 1 aliphatic carbocycles. The maximum absolute atomic E-state index is 12.7. The summed E-state index contributed by atoms with van der Waals surface area (Å²) in [5.74, 6) is 1.18. The van der Waals surface area contributed by atoms with Gasteiger partial charge >= 0.3 is 6.03 Å². The van der Waals surface area contributed by atoms with Gasteiger partial charge in [0.1, 0.15) is 11.4 Å². The molecule has 1 aromatic heterocycles. The molecule has 2 N–H and O–H groups in total. The number of ether oxygens (including phenoxy) is 1. The highest BCUT2D eigenvalue weighted by molar-refractivity contribution is 5.90. The predicted molar refractivity (Wildman–Crippen MR) is 93.5 cm³/mol. The third-order valence-electron chi connectivity index (χ3n) is 4.86. The van der Waals surface area contributed by atoms with Crippen LogP contribution in [-0.2, 0) is 4.74 Å². The third-order valence-corrected chi connectivity index (χ3v) is 4.86. The van der Waals surface area contributed by atoms with Crippen molar-refractivity contribution in [2.75, 3.05) is 11.9 Å². The van der Waals surface area contributed by atoms with Crippen molar-refractivity contribution < 1.29 is 14.1 Å². The van der Waals surface area contributed by atoms with E-state index in [1.807, 2.05) is 37.3 Å². The molecule has 2 aromatic rings. The van der Waals surface area contributed by atoms with Crippen molar-refractivity contribution in [3.63, 3.8) is 0 Å². The minimum Gasteiger partial charge on any atom is -0.376 e. The molecule has 6 heteroatoms. The van der Waals surface area contributed by atoms with Gasteiger partial charge in [0.15, 0.2) is 5.76 Å². The largest absolute Gasteiger partial charge is 0.376 e. The zero-order chi connectivity index (χ0) is 17.2. The maximum atomic E-state index is 12.7. The number of nitrogens with one attached hydrogen (secondary N) is 2. The minimum atomic E-state index is -0.252. The van der Waals surface area contributed by atoms with Crippen LogP contribution in [0.1, 0.15) is 54.7 Å². The van der Waals surface area contributed by atoms with E-state index in [1.54, 1.807) is 0 Å². The molecule has 2 fully saturated rings. The molecule has 2 amide bonds. The lowest BCUT2D eigenvalue weighted by atomic mass is 9.99. The SMILES string of the molecule is Cc1noc(C2CC2)c1NC(=O)N[C@H](c1ccccc1)[C@H]1CCCO1. The van der Waals surface area contributed by atoms with Crippen LogP contribution in [0.3, 0.4) is 0 Å². The van der Waals surface area contributed by atoms with Crippen LogP contribution in [0.25, 0.3) is 0 Å². The van der Waals surface area contributed by atoms with E-state index < -0.39 is 0 Å². The Morgan fingerprint density at radius 3 is 2.72 bits per heavy atom. The second kappa shape index (κ2) is 6.88. The number of aryl methyl sites for hydroxylation is 1. The van der Waals surface area contributed by atoms with Crippen LogP contribution in [0.15, 0.2) is 34.9 Å². The molecule has 0 radical (unpaired) electrons. The fourth-order valence-electron chi connectivity index (χ4n) is 3.37. The van der Waals surface area contributed by atoms with Gasteiger partial charge in [-0.25, -0.2) is 4.79 Å². The first kappa shape index (κ1) is 16.1. The van der Waals surface area contributed by atoms with Crippen molar-refractivity contribution in [1.82, 2.24) is 10.5 Å². The molecular weight excluding hydrogens is 318 g/mol. The van der Waals surface area contributed by atoms with E-state index >= 15 is 0 Å². The van der Waals surface area contributed by atoms with Crippen LogP contribution < -0.4 is 10.6 Å². The molecule has 4 rings (SSSR count). The minimum absolute atomic E-state index is 0.000348. The number of carbonyl (C=O) groups excluding carboxylic acids is 1. The zero-order valence-electron chi connectivity index (χ0n) is 14.3. The lowest BCUT2D eigenvalue weighted by molar-refractivity contribution is 0.0815. The first-order valence-electron chi connectivity index (χ1n) is 8.92. The van der Waals surface area contributed by atoms with Crippen molar-refractivity contribution in [2.45, 2.75) is 50.7 Å². The van der Waals surface area contributed by atoms with Crippen molar-refractivity contribution in [3.05, 3.63) is 47.3 Å². The van der Waals surface area contributed by atoms with Gasteiger partial charge in [-0.2, -0.15) is 0 Å². The summed E-state index contributed by atoms with van der Waals surface area (Å²) in [6.07, 6.45) is 4.15. The summed E-state index contributed by atoms with van der Waals surface area (Å²) >= 11 is 0. The molecule has 1 saturated carbocycles. The normalized spacial score (nSPS) is 21.1. The average Bonchev–Trinajstić information content (AvgIpc) is 3.20. The number of carbonyl (C=O) groups is 1. The van der Waals surface area contributed by atoms with Crippen LogP contribution in [0.4, 0.5) is 10.5 Å². The molecule has 2 aliphatic rings. The Morgan fingerprint density at radius 1 is 1.24 bits per heavy atom. The lowest BCUT2D eigenvalue weighted by Crippen LogP contribution is -2.38. The van der Waals surface area contributed by atoms with Crippen LogP contribution in [0, 0.1) is 6.92 Å². The fraction of sp³-hybridized carbons (Fsp3) is 0.474. The van der Waals surface area contributed by atoms with E-state index in [0.717, 1.165) is 43.6 Å². The second-order valence-electron chi connectivity index (χ2n) is 6.82. The van der Waals surface area contributed by atoms with E-state index in [2.05, 4.69) is 15.8 Å². The topological polar surface area (TPSA) is 76.4 Å².